The zero-order chi connectivity index (χ0) is 54.4. The first kappa shape index (κ1) is 52.3. The van der Waals surface area contributed by atoms with Gasteiger partial charge >= 0.3 is 5.97 Å². The molecule has 3 saturated carbocycles. The number of phenolic OH excluding ortho intramolecular Hbond substituents is 2. The molecule has 1 aromatic heterocycles. The number of likely N-dealkylation sites (N-methyl/N-ethyl adjacent to an activating group) is 1. The number of phenols is 2. The number of carbonyl (C=O) groups excluding carboxylic acids is 1. The molecule has 0 spiro atoms. The van der Waals surface area contributed by atoms with Crippen LogP contribution < -0.4 is 31.8 Å². The van der Waals surface area contributed by atoms with Gasteiger partial charge in [0.1, 0.15) is 58.1 Å². The van der Waals surface area contributed by atoms with E-state index in [1.54, 1.807) is 25.1 Å². The number of aromatic hydroxyl groups is 2. The maximum atomic E-state index is 15.5. The van der Waals surface area contributed by atoms with E-state index in [9.17, 15) is 35.4 Å². The molecular formula is C63H74N4O11. The average Bonchev–Trinajstić information content (AvgIpc) is 3.66. The minimum Gasteiger partial charge on any atom is -0.508 e. The maximum Gasteiger partial charge on any atom is 0.337 e. The van der Waals surface area contributed by atoms with Crippen molar-refractivity contribution in [2.45, 2.75) is 158 Å². The topological polar surface area (TPSA) is 249 Å². The second-order valence-electron chi connectivity index (χ2n) is 23.7. The SMILES string of the molecule is CC=C(C(=O)OC1Cc2c3c(c4oc(CO)cc(=O)c4c2O)C2C4=CCNC(N)=C4C(CCc4ccc(O)cc4C2CO)C2CCC4=CC(NCC)NC=C4CC2C1(C)O3)C1(O)CCC(c2cccc(C3(O)CCCC3)c2)C1. The number of rotatable bonds is 9. The molecule has 0 amide bonds. The van der Waals surface area contributed by atoms with Gasteiger partial charge in [-0.15, -0.1) is 0 Å². The molecular weight excluding hydrogens is 989 g/mol. The van der Waals surface area contributed by atoms with Crippen molar-refractivity contribution in [3.63, 3.8) is 0 Å². The molecule has 5 heterocycles. The number of fused-ring (bicyclic) bond motifs is 9. The quantitative estimate of drug-likeness (QED) is 0.0572. The molecule has 412 valence electrons. The molecule has 10 unspecified atom stereocenters. The summed E-state index contributed by atoms with van der Waals surface area (Å²) in [7, 11) is 0. The highest BCUT2D eigenvalue weighted by molar-refractivity contribution is 5.93. The zero-order valence-corrected chi connectivity index (χ0v) is 44.9. The molecule has 4 bridgehead atoms. The largest absolute Gasteiger partial charge is 0.508 e. The van der Waals surface area contributed by atoms with Crippen molar-refractivity contribution in [2.75, 3.05) is 19.7 Å². The van der Waals surface area contributed by atoms with E-state index in [0.717, 1.165) is 65.3 Å². The molecule has 8 aliphatic rings. The van der Waals surface area contributed by atoms with Crippen LogP contribution in [0.4, 0.5) is 0 Å². The highest BCUT2D eigenvalue weighted by Gasteiger charge is 2.58. The summed E-state index contributed by atoms with van der Waals surface area (Å²) in [6, 6.07) is 14.5. The summed E-state index contributed by atoms with van der Waals surface area (Å²) >= 11 is 0. The number of esters is 1. The number of aliphatic hydroxyl groups excluding tert-OH is 2. The fourth-order valence-corrected chi connectivity index (χ4v) is 15.7. The predicted molar refractivity (Wildman–Crippen MR) is 294 cm³/mol. The van der Waals surface area contributed by atoms with Gasteiger partial charge in [0.05, 0.1) is 29.5 Å². The molecule has 0 saturated heterocycles. The van der Waals surface area contributed by atoms with E-state index >= 15 is 4.79 Å². The van der Waals surface area contributed by atoms with Crippen molar-refractivity contribution in [3.8, 4) is 17.2 Å². The second kappa shape index (κ2) is 20.1. The Morgan fingerprint density at radius 2 is 1.82 bits per heavy atom. The van der Waals surface area contributed by atoms with E-state index < -0.39 is 71.0 Å². The van der Waals surface area contributed by atoms with Gasteiger partial charge in [-0.3, -0.25) is 10.1 Å². The molecule has 11 N–H and O–H groups in total. The molecule has 4 aliphatic carbocycles. The van der Waals surface area contributed by atoms with Gasteiger partial charge in [-0.05, 0) is 165 Å². The summed E-state index contributed by atoms with van der Waals surface area (Å²) < 4.78 is 21.3. The molecule has 78 heavy (non-hydrogen) atoms. The number of aryl methyl sites for hydroxylation is 1. The third kappa shape index (κ3) is 8.57. The Bertz CT molecular complexity index is 3310. The first-order chi connectivity index (χ1) is 37.6. The van der Waals surface area contributed by atoms with E-state index in [1.165, 1.54) is 5.57 Å². The van der Waals surface area contributed by atoms with Gasteiger partial charge in [-0.2, -0.15) is 0 Å². The molecule has 3 aromatic carbocycles. The number of nitrogens with one attached hydrogen (secondary N) is 3. The van der Waals surface area contributed by atoms with Gasteiger partial charge in [0.2, 0.25) is 0 Å². The van der Waals surface area contributed by atoms with E-state index in [2.05, 4.69) is 47.3 Å². The predicted octanol–water partition coefficient (Wildman–Crippen LogP) is 7.61. The summed E-state index contributed by atoms with van der Waals surface area (Å²) in [6.07, 6.45) is 14.3. The van der Waals surface area contributed by atoms with E-state index in [-0.39, 0.29) is 76.1 Å². The van der Waals surface area contributed by atoms with Crippen LogP contribution in [0.2, 0.25) is 0 Å². The van der Waals surface area contributed by atoms with Crippen molar-refractivity contribution in [3.05, 3.63) is 156 Å². The first-order valence-electron chi connectivity index (χ1n) is 28.4. The van der Waals surface area contributed by atoms with Crippen LogP contribution in [-0.4, -0.2) is 79.8 Å². The fourth-order valence-electron chi connectivity index (χ4n) is 15.7. The monoisotopic (exact) mass is 1060 g/mol. The standard InChI is InChI=1S/C63H74N4O11/c1-4-47(63(75)21-17-36(29-63)34-9-8-10-38(23-34)62(74)19-6-7-20-62)60(73)77-50-28-45-56(72)54-49(71)27-40(31-68)76-58(54)55-52-43-18-22-66-59(64)53(43)42(16-12-33-11-14-39(70)26-44(33)46(52)32-69)41-15-13-35-25-51(65-5-2)67-30-37(35)24-48(41)61(50,3)78-57(45)55/h4,8-11,14,18,23,25-27,30,36,41-42,46,48,50-52,65-70,72,74-75H,5-7,12-13,15-17,19-22,24,28-29,31-32,64H2,1-3H3. The third-order valence-electron chi connectivity index (χ3n) is 19.6. The van der Waals surface area contributed by atoms with Crippen LogP contribution in [-0.2, 0) is 34.6 Å². The summed E-state index contributed by atoms with van der Waals surface area (Å²) in [5.41, 5.74) is 11.0. The number of dihydropyridines is 2. The Morgan fingerprint density at radius 1 is 1.00 bits per heavy atom. The minimum absolute atomic E-state index is 0.0182. The van der Waals surface area contributed by atoms with Crippen molar-refractivity contribution >= 4 is 16.9 Å². The van der Waals surface area contributed by atoms with Crippen molar-refractivity contribution in [1.82, 2.24) is 16.0 Å². The Labute approximate surface area is 454 Å². The molecule has 4 aromatic rings. The van der Waals surface area contributed by atoms with Gasteiger partial charge in [0.25, 0.3) is 0 Å². The summed E-state index contributed by atoms with van der Waals surface area (Å²) in [5.74, 6) is -3.10. The summed E-state index contributed by atoms with van der Waals surface area (Å²) in [6.45, 7) is 5.87. The number of hydrogen-bond acceptors (Lipinski definition) is 15. The minimum atomic E-state index is -1.56. The number of aliphatic hydroxyl groups is 4. The summed E-state index contributed by atoms with van der Waals surface area (Å²) in [5, 5.41) is 81.3. The average molecular weight is 1060 g/mol. The molecule has 15 nitrogen and oxygen atoms in total. The van der Waals surface area contributed by atoms with Gasteiger partial charge in [-0.1, -0.05) is 62.2 Å². The lowest BCUT2D eigenvalue weighted by Gasteiger charge is -2.52. The highest BCUT2D eigenvalue weighted by atomic mass is 16.6. The molecule has 12 rings (SSSR count). The van der Waals surface area contributed by atoms with Gasteiger partial charge in [-0.25, -0.2) is 4.79 Å². The lowest BCUT2D eigenvalue weighted by atomic mass is 9.61. The normalized spacial score (nSPS) is 31.0. The van der Waals surface area contributed by atoms with Crippen LogP contribution >= 0.6 is 0 Å². The van der Waals surface area contributed by atoms with E-state index in [0.29, 0.717) is 74.9 Å². The Balaban J connectivity index is 1.05. The first-order valence-corrected chi connectivity index (χ1v) is 28.4. The number of nitrogens with two attached hydrogens (primary N) is 1. The van der Waals surface area contributed by atoms with Crippen molar-refractivity contribution in [2.24, 2.45) is 23.5 Å². The lowest BCUT2D eigenvalue weighted by Crippen LogP contribution is -2.59. The van der Waals surface area contributed by atoms with Crippen LogP contribution in [0.5, 0.6) is 17.2 Å². The fraction of sp³-hybridized carbons (Fsp3) is 0.492. The van der Waals surface area contributed by atoms with Crippen LogP contribution in [0.1, 0.15) is 148 Å². The lowest BCUT2D eigenvalue weighted by molar-refractivity contribution is -0.171. The number of hydrogen-bond donors (Lipinski definition) is 10. The van der Waals surface area contributed by atoms with Crippen LogP contribution in [0, 0.1) is 17.8 Å². The van der Waals surface area contributed by atoms with Crippen LogP contribution in [0.25, 0.3) is 11.0 Å². The molecule has 10 atom stereocenters. The van der Waals surface area contributed by atoms with Gasteiger partial charge < -0.3 is 60.9 Å². The van der Waals surface area contributed by atoms with Gasteiger partial charge in [0, 0.05) is 54.1 Å². The Morgan fingerprint density at radius 3 is 2.59 bits per heavy atom. The van der Waals surface area contributed by atoms with E-state index in [1.807, 2.05) is 31.2 Å². The molecule has 3 fully saturated rings. The van der Waals surface area contributed by atoms with E-state index in [4.69, 9.17) is 19.6 Å². The third-order valence-corrected chi connectivity index (χ3v) is 19.6. The van der Waals surface area contributed by atoms with Crippen molar-refractivity contribution < 1.29 is 49.3 Å². The van der Waals surface area contributed by atoms with Crippen LogP contribution in [0.15, 0.2) is 116 Å². The van der Waals surface area contributed by atoms with Crippen LogP contribution in [0.3, 0.4) is 0 Å². The second-order valence-corrected chi connectivity index (χ2v) is 23.7. The number of allylic oxidation sites excluding steroid dienone is 5. The Hall–Kier alpha value is -6.36. The number of ether oxygens (including phenoxy) is 2. The Kier molecular flexibility index (Phi) is 13.5. The molecule has 4 aliphatic heterocycles. The number of benzene rings is 3. The maximum absolute atomic E-state index is 15.5. The zero-order valence-electron chi connectivity index (χ0n) is 44.9. The van der Waals surface area contributed by atoms with Gasteiger partial charge in [0.15, 0.2) is 5.43 Å². The molecule has 15 heteroatoms. The smallest absolute Gasteiger partial charge is 0.337 e. The summed E-state index contributed by atoms with van der Waals surface area (Å²) in [4.78, 5) is 30.0. The highest BCUT2D eigenvalue weighted by Crippen LogP contribution is 2.61. The number of carbonyl (C=O) groups is 1. The van der Waals surface area contributed by atoms with Crippen molar-refractivity contribution in [1.29, 1.82) is 0 Å². The molecule has 0 radical (unpaired) electrons.